The number of phenols is 1. The Morgan fingerprint density at radius 1 is 1.27 bits per heavy atom. The van der Waals surface area contributed by atoms with Crippen LogP contribution in [-0.2, 0) is 9.59 Å². The Morgan fingerprint density at radius 3 is 2.77 bits per heavy atom. The van der Waals surface area contributed by atoms with Crippen molar-refractivity contribution in [1.29, 1.82) is 0 Å². The van der Waals surface area contributed by atoms with Crippen LogP contribution in [-0.4, -0.2) is 36.8 Å². The van der Waals surface area contributed by atoms with E-state index in [1.54, 1.807) is 18.2 Å². The number of carbonyl (C=O) groups is 2. The highest BCUT2D eigenvalue weighted by Gasteiger charge is 2.40. The van der Waals surface area contributed by atoms with Gasteiger partial charge in [-0.25, -0.2) is 5.43 Å². The molecule has 7 nitrogen and oxygen atoms in total. The van der Waals surface area contributed by atoms with Crippen molar-refractivity contribution < 1.29 is 19.4 Å². The van der Waals surface area contributed by atoms with Gasteiger partial charge in [0, 0.05) is 18.0 Å². The smallest absolute Gasteiger partial charge is 0.253 e. The van der Waals surface area contributed by atoms with Crippen LogP contribution in [0.15, 0.2) is 53.6 Å². The predicted octanol–water partition coefficient (Wildman–Crippen LogP) is 1.38. The Balaban J connectivity index is 1.72. The topological polar surface area (TPSA) is 100 Å². The summed E-state index contributed by atoms with van der Waals surface area (Å²) in [5, 5.41) is 16.6. The van der Waals surface area contributed by atoms with Crippen LogP contribution in [0.1, 0.15) is 17.0 Å². The van der Waals surface area contributed by atoms with Gasteiger partial charge in [-0.05, 0) is 17.7 Å². The number of hydrogen-bond acceptors (Lipinski definition) is 5. The highest BCUT2D eigenvalue weighted by molar-refractivity contribution is 6.03. The summed E-state index contributed by atoms with van der Waals surface area (Å²) in [6.45, 7) is 0.404. The van der Waals surface area contributed by atoms with Crippen LogP contribution < -0.4 is 15.5 Å². The maximum atomic E-state index is 12.5. The van der Waals surface area contributed by atoms with Gasteiger partial charge in [0.2, 0.25) is 5.91 Å². The number of hydrogen-bond donors (Lipinski definition) is 3. The lowest BCUT2D eigenvalue weighted by Crippen LogP contribution is -2.34. The largest absolute Gasteiger partial charge is 0.504 e. The molecule has 0 saturated carbocycles. The number of ether oxygens (including phenoxy) is 1. The van der Waals surface area contributed by atoms with E-state index < -0.39 is 11.8 Å². The van der Waals surface area contributed by atoms with E-state index in [2.05, 4.69) is 15.8 Å². The molecule has 0 radical (unpaired) electrons. The van der Waals surface area contributed by atoms with E-state index in [-0.39, 0.29) is 17.6 Å². The number of nitrogens with zero attached hydrogens (tertiary/aromatic N) is 1. The molecule has 0 spiro atoms. The number of nitrogens with one attached hydrogen (secondary N) is 2. The highest BCUT2D eigenvalue weighted by atomic mass is 16.5. The Labute approximate surface area is 150 Å². The molecule has 0 unspecified atom stereocenters. The van der Waals surface area contributed by atoms with Crippen LogP contribution >= 0.6 is 0 Å². The number of rotatable bonds is 5. The normalized spacial score (nSPS) is 19.3. The summed E-state index contributed by atoms with van der Waals surface area (Å²) in [6.07, 6.45) is 1.31. The molecule has 0 aromatic heterocycles. The number of amides is 2. The molecule has 7 heteroatoms. The second-order valence-corrected chi connectivity index (χ2v) is 5.87. The average molecular weight is 353 g/mol. The lowest BCUT2D eigenvalue weighted by atomic mass is 9.88. The van der Waals surface area contributed by atoms with Crippen molar-refractivity contribution in [1.82, 2.24) is 10.7 Å². The van der Waals surface area contributed by atoms with Gasteiger partial charge in [-0.1, -0.05) is 36.4 Å². The highest BCUT2D eigenvalue weighted by Crippen LogP contribution is 2.29. The SMILES string of the molecule is COc1cccc(/C=N/NC(=O)[C@H]2C(=O)NC[C@H]2c2ccccc2)c1O. The van der Waals surface area contributed by atoms with E-state index in [9.17, 15) is 14.7 Å². The number of para-hydroxylation sites is 1. The van der Waals surface area contributed by atoms with Crippen molar-refractivity contribution in [3.8, 4) is 11.5 Å². The van der Waals surface area contributed by atoms with Crippen molar-refractivity contribution in [3.05, 3.63) is 59.7 Å². The number of benzene rings is 2. The van der Waals surface area contributed by atoms with Crippen LogP contribution in [0.5, 0.6) is 11.5 Å². The molecule has 3 N–H and O–H groups in total. The van der Waals surface area contributed by atoms with Gasteiger partial charge >= 0.3 is 0 Å². The summed E-state index contributed by atoms with van der Waals surface area (Å²) in [5.74, 6) is -1.69. The van der Waals surface area contributed by atoms with Gasteiger partial charge in [-0.2, -0.15) is 5.10 Å². The van der Waals surface area contributed by atoms with E-state index in [4.69, 9.17) is 4.74 Å². The number of carbonyl (C=O) groups excluding carboxylic acids is 2. The van der Waals surface area contributed by atoms with Crippen molar-refractivity contribution in [2.45, 2.75) is 5.92 Å². The van der Waals surface area contributed by atoms with Crippen molar-refractivity contribution in [2.75, 3.05) is 13.7 Å². The Morgan fingerprint density at radius 2 is 2.04 bits per heavy atom. The zero-order chi connectivity index (χ0) is 18.5. The summed E-state index contributed by atoms with van der Waals surface area (Å²) in [6, 6.07) is 14.3. The molecule has 0 bridgehead atoms. The quantitative estimate of drug-likeness (QED) is 0.429. The Kier molecular flexibility index (Phi) is 5.17. The van der Waals surface area contributed by atoms with Crippen LogP contribution in [0.2, 0.25) is 0 Å². The second-order valence-electron chi connectivity index (χ2n) is 5.87. The summed E-state index contributed by atoms with van der Waals surface area (Å²) in [4.78, 5) is 24.6. The molecule has 134 valence electrons. The summed E-state index contributed by atoms with van der Waals surface area (Å²) >= 11 is 0. The first-order valence-corrected chi connectivity index (χ1v) is 8.13. The fraction of sp³-hybridized carbons (Fsp3) is 0.211. The molecule has 26 heavy (non-hydrogen) atoms. The predicted molar refractivity (Wildman–Crippen MR) is 96.1 cm³/mol. The molecule has 1 heterocycles. The molecule has 2 aromatic rings. The van der Waals surface area contributed by atoms with Gasteiger partial charge in [0.15, 0.2) is 11.5 Å². The van der Waals surface area contributed by atoms with E-state index >= 15 is 0 Å². The van der Waals surface area contributed by atoms with E-state index in [1.807, 2.05) is 30.3 Å². The number of hydrazone groups is 1. The van der Waals surface area contributed by atoms with Crippen molar-refractivity contribution in [3.63, 3.8) is 0 Å². The minimum atomic E-state index is -0.853. The summed E-state index contributed by atoms with van der Waals surface area (Å²) in [7, 11) is 1.44. The first kappa shape index (κ1) is 17.5. The standard InChI is InChI=1S/C19H19N3O4/c1-26-15-9-5-8-13(17(15)23)10-21-22-19(25)16-14(11-20-18(16)24)12-6-3-2-4-7-12/h2-10,14,16,23H,11H2,1H3,(H,20,24)(H,22,25)/b21-10+/t14-,16+/m0/s1. The Hall–Kier alpha value is -3.35. The monoisotopic (exact) mass is 353 g/mol. The molecule has 2 atom stereocenters. The van der Waals surface area contributed by atoms with Crippen molar-refractivity contribution >= 4 is 18.0 Å². The maximum Gasteiger partial charge on any atom is 0.253 e. The van der Waals surface area contributed by atoms with Gasteiger partial charge in [-0.15, -0.1) is 0 Å². The Bertz CT molecular complexity index is 836. The summed E-state index contributed by atoms with van der Waals surface area (Å²) < 4.78 is 5.02. The van der Waals surface area contributed by atoms with Crippen molar-refractivity contribution in [2.24, 2.45) is 11.0 Å². The van der Waals surface area contributed by atoms with E-state index in [1.165, 1.54) is 13.3 Å². The van der Waals surface area contributed by atoms with Gasteiger partial charge in [0.05, 0.1) is 13.3 Å². The second kappa shape index (κ2) is 7.69. The zero-order valence-corrected chi connectivity index (χ0v) is 14.2. The fourth-order valence-corrected chi connectivity index (χ4v) is 2.98. The van der Waals surface area contributed by atoms with Crippen LogP contribution in [0.4, 0.5) is 0 Å². The summed E-state index contributed by atoms with van der Waals surface area (Å²) in [5.41, 5.74) is 3.69. The molecule has 1 saturated heterocycles. The van der Waals surface area contributed by atoms with Crippen LogP contribution in [0.25, 0.3) is 0 Å². The minimum Gasteiger partial charge on any atom is -0.504 e. The fourth-order valence-electron chi connectivity index (χ4n) is 2.98. The molecular weight excluding hydrogens is 334 g/mol. The van der Waals surface area contributed by atoms with Crippen LogP contribution in [0, 0.1) is 5.92 Å². The lowest BCUT2D eigenvalue weighted by Gasteiger charge is -2.15. The average Bonchev–Trinajstić information content (AvgIpc) is 3.05. The third-order valence-corrected chi connectivity index (χ3v) is 4.32. The molecule has 0 aliphatic carbocycles. The van der Waals surface area contributed by atoms with E-state index in [0.29, 0.717) is 17.9 Å². The van der Waals surface area contributed by atoms with Gasteiger partial charge in [0.1, 0.15) is 5.92 Å². The zero-order valence-electron chi connectivity index (χ0n) is 14.2. The molecule has 1 aliphatic rings. The minimum absolute atomic E-state index is 0.0752. The molecule has 1 aliphatic heterocycles. The van der Waals surface area contributed by atoms with Gasteiger partial charge < -0.3 is 15.2 Å². The first-order chi connectivity index (χ1) is 12.6. The molecule has 2 amide bonds. The molecular formula is C19H19N3O4. The molecule has 2 aromatic carbocycles. The van der Waals surface area contributed by atoms with Crippen LogP contribution in [0.3, 0.4) is 0 Å². The van der Waals surface area contributed by atoms with Gasteiger partial charge in [0.25, 0.3) is 5.91 Å². The molecule has 1 fully saturated rings. The maximum absolute atomic E-state index is 12.5. The lowest BCUT2D eigenvalue weighted by molar-refractivity contribution is -0.133. The third kappa shape index (κ3) is 3.51. The third-order valence-electron chi connectivity index (χ3n) is 4.32. The molecule has 3 rings (SSSR count). The number of phenolic OH excluding ortho intramolecular Hbond substituents is 1. The van der Waals surface area contributed by atoms with Gasteiger partial charge in [-0.3, -0.25) is 9.59 Å². The van der Waals surface area contributed by atoms with E-state index in [0.717, 1.165) is 5.56 Å². The number of methoxy groups -OCH3 is 1. The number of aromatic hydroxyl groups is 1. The first-order valence-electron chi connectivity index (χ1n) is 8.13.